The van der Waals surface area contributed by atoms with Crippen LogP contribution in [0.15, 0.2) is 6.20 Å². The highest BCUT2D eigenvalue weighted by Crippen LogP contribution is 2.20. The third-order valence-corrected chi connectivity index (χ3v) is 2.58. The van der Waals surface area contributed by atoms with Crippen LogP contribution in [0.25, 0.3) is 0 Å². The Bertz CT molecular complexity index is 262. The number of nitrogens with one attached hydrogen (secondary N) is 2. The van der Waals surface area contributed by atoms with Gasteiger partial charge in [-0.2, -0.15) is 0 Å². The average Bonchev–Trinajstić information content (AvgIpc) is 2.67. The van der Waals surface area contributed by atoms with Crippen LogP contribution < -0.4 is 11.1 Å². The van der Waals surface area contributed by atoms with E-state index in [1.807, 2.05) is 6.20 Å². The van der Waals surface area contributed by atoms with E-state index >= 15 is 0 Å². The van der Waals surface area contributed by atoms with Crippen LogP contribution >= 0.6 is 0 Å². The Labute approximate surface area is 77.9 Å². The van der Waals surface area contributed by atoms with Gasteiger partial charge in [-0.1, -0.05) is 0 Å². The summed E-state index contributed by atoms with van der Waals surface area (Å²) in [6.45, 7) is 2.71. The summed E-state index contributed by atoms with van der Waals surface area (Å²) in [7, 11) is 0. The summed E-state index contributed by atoms with van der Waals surface area (Å²) in [4.78, 5) is 7.46. The summed E-state index contributed by atoms with van der Waals surface area (Å²) in [5, 5.41) is 3.38. The summed E-state index contributed by atoms with van der Waals surface area (Å²) >= 11 is 0. The highest BCUT2D eigenvalue weighted by molar-refractivity contribution is 5.09. The number of hydrogen-bond donors (Lipinski definition) is 3. The topological polar surface area (TPSA) is 66.7 Å². The maximum absolute atomic E-state index is 5.48. The highest BCUT2D eigenvalue weighted by Gasteiger charge is 2.16. The van der Waals surface area contributed by atoms with Crippen molar-refractivity contribution in [3.05, 3.63) is 17.7 Å². The number of rotatable bonds is 2. The molecule has 1 saturated heterocycles. The quantitative estimate of drug-likeness (QED) is 0.614. The van der Waals surface area contributed by atoms with Crippen molar-refractivity contribution in [3.63, 3.8) is 0 Å². The van der Waals surface area contributed by atoms with Crippen LogP contribution in [-0.2, 0) is 6.54 Å². The van der Waals surface area contributed by atoms with Crippen molar-refractivity contribution in [2.45, 2.75) is 25.3 Å². The van der Waals surface area contributed by atoms with E-state index in [1.165, 1.54) is 18.5 Å². The van der Waals surface area contributed by atoms with E-state index in [-0.39, 0.29) is 0 Å². The normalized spacial score (nSPS) is 23.3. The second-order valence-electron chi connectivity index (χ2n) is 3.53. The largest absolute Gasteiger partial charge is 0.345 e. The van der Waals surface area contributed by atoms with Gasteiger partial charge in [-0.05, 0) is 19.4 Å². The van der Waals surface area contributed by atoms with E-state index in [2.05, 4.69) is 15.3 Å². The van der Waals surface area contributed by atoms with Gasteiger partial charge in [-0.25, -0.2) is 4.98 Å². The number of piperidine rings is 1. The molecule has 1 aliphatic rings. The van der Waals surface area contributed by atoms with Gasteiger partial charge in [0.15, 0.2) is 0 Å². The Balaban J connectivity index is 2.05. The molecule has 0 radical (unpaired) electrons. The fraction of sp³-hybridized carbons (Fsp3) is 0.667. The Morgan fingerprint density at radius 2 is 2.54 bits per heavy atom. The Kier molecular flexibility index (Phi) is 2.61. The van der Waals surface area contributed by atoms with E-state index in [4.69, 9.17) is 5.73 Å². The molecule has 1 aliphatic heterocycles. The van der Waals surface area contributed by atoms with Crippen molar-refractivity contribution in [1.29, 1.82) is 0 Å². The SMILES string of the molecule is NCc1ncc(C2CCCNC2)[nH]1. The average molecular weight is 180 g/mol. The number of aromatic amines is 1. The zero-order valence-corrected chi connectivity index (χ0v) is 7.71. The smallest absolute Gasteiger partial charge is 0.120 e. The minimum atomic E-state index is 0.500. The van der Waals surface area contributed by atoms with Crippen molar-refractivity contribution in [2.75, 3.05) is 13.1 Å². The van der Waals surface area contributed by atoms with Gasteiger partial charge in [-0.3, -0.25) is 0 Å². The van der Waals surface area contributed by atoms with Crippen LogP contribution in [0.2, 0.25) is 0 Å². The van der Waals surface area contributed by atoms with E-state index in [1.54, 1.807) is 0 Å². The van der Waals surface area contributed by atoms with Crippen molar-refractivity contribution < 1.29 is 0 Å². The molecule has 72 valence electrons. The summed E-state index contributed by atoms with van der Waals surface area (Å²) in [6, 6.07) is 0. The number of imidazole rings is 1. The van der Waals surface area contributed by atoms with E-state index in [0.717, 1.165) is 18.9 Å². The molecule has 4 N–H and O–H groups in total. The van der Waals surface area contributed by atoms with Crippen LogP contribution in [0.3, 0.4) is 0 Å². The van der Waals surface area contributed by atoms with Gasteiger partial charge in [0.1, 0.15) is 5.82 Å². The van der Waals surface area contributed by atoms with Gasteiger partial charge in [-0.15, -0.1) is 0 Å². The third-order valence-electron chi connectivity index (χ3n) is 2.58. The standard InChI is InChI=1S/C9H16N4/c10-4-9-12-6-8(13-9)7-2-1-3-11-5-7/h6-7,11H,1-5,10H2,(H,12,13). The van der Waals surface area contributed by atoms with Crippen LogP contribution in [0.1, 0.15) is 30.3 Å². The monoisotopic (exact) mass is 180 g/mol. The third kappa shape index (κ3) is 1.89. The molecule has 1 aromatic heterocycles. The van der Waals surface area contributed by atoms with Crippen LogP contribution in [0, 0.1) is 0 Å². The minimum absolute atomic E-state index is 0.500. The number of H-pyrrole nitrogens is 1. The first-order valence-corrected chi connectivity index (χ1v) is 4.84. The van der Waals surface area contributed by atoms with Crippen LogP contribution in [0.4, 0.5) is 0 Å². The number of nitrogens with two attached hydrogens (primary N) is 1. The molecule has 2 rings (SSSR count). The molecule has 0 aromatic carbocycles. The minimum Gasteiger partial charge on any atom is -0.345 e. The Hall–Kier alpha value is -0.870. The lowest BCUT2D eigenvalue weighted by molar-refractivity contribution is 0.455. The second-order valence-corrected chi connectivity index (χ2v) is 3.53. The summed E-state index contributed by atoms with van der Waals surface area (Å²) < 4.78 is 0. The fourth-order valence-corrected chi connectivity index (χ4v) is 1.81. The fourth-order valence-electron chi connectivity index (χ4n) is 1.81. The molecule has 0 bridgehead atoms. The van der Waals surface area contributed by atoms with Gasteiger partial charge in [0.25, 0.3) is 0 Å². The molecule has 1 unspecified atom stereocenters. The number of nitrogens with zero attached hydrogens (tertiary/aromatic N) is 1. The zero-order valence-electron chi connectivity index (χ0n) is 7.71. The molecule has 4 nitrogen and oxygen atoms in total. The second kappa shape index (κ2) is 3.89. The molecule has 4 heteroatoms. The first kappa shape index (κ1) is 8.72. The van der Waals surface area contributed by atoms with Crippen molar-refractivity contribution in [2.24, 2.45) is 5.73 Å². The lowest BCUT2D eigenvalue weighted by Crippen LogP contribution is -2.28. The molecule has 1 aromatic rings. The lowest BCUT2D eigenvalue weighted by Gasteiger charge is -2.21. The molecule has 0 saturated carbocycles. The molecule has 0 spiro atoms. The van der Waals surface area contributed by atoms with Crippen LogP contribution in [-0.4, -0.2) is 23.1 Å². The van der Waals surface area contributed by atoms with Crippen molar-refractivity contribution >= 4 is 0 Å². The first-order valence-electron chi connectivity index (χ1n) is 4.84. The van der Waals surface area contributed by atoms with Gasteiger partial charge >= 0.3 is 0 Å². The maximum Gasteiger partial charge on any atom is 0.120 e. The molecule has 13 heavy (non-hydrogen) atoms. The highest BCUT2D eigenvalue weighted by atomic mass is 15.0. The Morgan fingerprint density at radius 1 is 1.62 bits per heavy atom. The van der Waals surface area contributed by atoms with Crippen LogP contribution in [0.5, 0.6) is 0 Å². The summed E-state index contributed by atoms with van der Waals surface area (Å²) in [6.07, 6.45) is 4.42. The Morgan fingerprint density at radius 3 is 3.15 bits per heavy atom. The number of hydrogen-bond acceptors (Lipinski definition) is 3. The molecule has 0 aliphatic carbocycles. The molecule has 2 heterocycles. The van der Waals surface area contributed by atoms with Gasteiger partial charge < -0.3 is 16.0 Å². The van der Waals surface area contributed by atoms with E-state index in [9.17, 15) is 0 Å². The van der Waals surface area contributed by atoms with Gasteiger partial charge in [0.2, 0.25) is 0 Å². The molecule has 0 amide bonds. The van der Waals surface area contributed by atoms with Gasteiger partial charge in [0.05, 0.1) is 6.54 Å². The molecule has 1 atom stereocenters. The van der Waals surface area contributed by atoms with E-state index in [0.29, 0.717) is 12.5 Å². The van der Waals surface area contributed by atoms with Crippen molar-refractivity contribution in [1.82, 2.24) is 15.3 Å². The predicted molar refractivity (Wildman–Crippen MR) is 51.3 cm³/mol. The van der Waals surface area contributed by atoms with Crippen molar-refractivity contribution in [3.8, 4) is 0 Å². The lowest BCUT2D eigenvalue weighted by atomic mass is 9.97. The molecular weight excluding hydrogens is 164 g/mol. The first-order chi connectivity index (χ1) is 6.40. The molecule has 1 fully saturated rings. The summed E-state index contributed by atoms with van der Waals surface area (Å²) in [5.74, 6) is 1.49. The number of aromatic nitrogens is 2. The zero-order chi connectivity index (χ0) is 9.10. The molecular formula is C9H16N4. The predicted octanol–water partition coefficient (Wildman–Crippen LogP) is 0.335. The summed E-state index contributed by atoms with van der Waals surface area (Å²) in [5.41, 5.74) is 6.71. The van der Waals surface area contributed by atoms with E-state index < -0.39 is 0 Å². The maximum atomic E-state index is 5.48. The van der Waals surface area contributed by atoms with Gasteiger partial charge in [0, 0.05) is 24.4 Å².